The van der Waals surface area contributed by atoms with Gasteiger partial charge in [-0.05, 0) is 79.9 Å². The van der Waals surface area contributed by atoms with Crippen molar-refractivity contribution in [2.24, 2.45) is 0 Å². The first-order valence-electron chi connectivity index (χ1n) is 21.1. The first kappa shape index (κ1) is 35.7. The third-order valence-corrected chi connectivity index (χ3v) is 12.5. The van der Waals surface area contributed by atoms with Gasteiger partial charge in [-0.2, -0.15) is 9.97 Å². The van der Waals surface area contributed by atoms with Crippen molar-refractivity contribution in [1.29, 1.82) is 0 Å². The van der Waals surface area contributed by atoms with E-state index in [0.29, 0.717) is 17.6 Å². The minimum absolute atomic E-state index is 0.560. The highest BCUT2D eigenvalue weighted by Gasteiger charge is 2.46. The number of hydrogen-bond donors (Lipinski definition) is 0. The van der Waals surface area contributed by atoms with Crippen molar-refractivity contribution in [1.82, 2.24) is 19.5 Å². The second kappa shape index (κ2) is 14.5. The van der Waals surface area contributed by atoms with Gasteiger partial charge in [-0.3, -0.25) is 4.57 Å². The molecule has 1 aliphatic rings. The summed E-state index contributed by atoms with van der Waals surface area (Å²) in [6, 6.07) is 82.3. The van der Waals surface area contributed by atoms with Gasteiger partial charge in [0.1, 0.15) is 0 Å². The van der Waals surface area contributed by atoms with Gasteiger partial charge in [0.2, 0.25) is 5.95 Å². The van der Waals surface area contributed by atoms with Crippen molar-refractivity contribution < 1.29 is 0 Å². The zero-order valence-electron chi connectivity index (χ0n) is 33.7. The molecule has 0 aliphatic heterocycles. The predicted molar refractivity (Wildman–Crippen MR) is 253 cm³/mol. The number of hydrogen-bond acceptors (Lipinski definition) is 3. The fourth-order valence-electron chi connectivity index (χ4n) is 9.79. The zero-order valence-corrected chi connectivity index (χ0v) is 33.7. The molecule has 0 saturated heterocycles. The minimum atomic E-state index is -0.560. The van der Waals surface area contributed by atoms with E-state index in [0.717, 1.165) is 55.2 Å². The van der Waals surface area contributed by atoms with Crippen molar-refractivity contribution >= 4 is 21.8 Å². The minimum Gasteiger partial charge on any atom is -0.278 e. The Kier molecular flexibility index (Phi) is 8.36. The van der Waals surface area contributed by atoms with Gasteiger partial charge < -0.3 is 0 Å². The molecule has 0 bridgehead atoms. The molecule has 290 valence electrons. The molecule has 0 fully saturated rings. The van der Waals surface area contributed by atoms with E-state index in [-0.39, 0.29) is 0 Å². The van der Waals surface area contributed by atoms with Gasteiger partial charge in [-0.1, -0.05) is 206 Å². The highest BCUT2D eigenvalue weighted by molar-refractivity contribution is 6.09. The average Bonchev–Trinajstić information content (AvgIpc) is 3.85. The van der Waals surface area contributed by atoms with Crippen LogP contribution in [-0.4, -0.2) is 19.5 Å². The molecule has 0 unspecified atom stereocenters. The van der Waals surface area contributed by atoms with Gasteiger partial charge >= 0.3 is 0 Å². The zero-order chi connectivity index (χ0) is 41.0. The van der Waals surface area contributed by atoms with E-state index < -0.39 is 5.41 Å². The number of fused-ring (bicyclic) bond motifs is 6. The molecule has 0 amide bonds. The van der Waals surface area contributed by atoms with E-state index in [1.807, 2.05) is 12.1 Å². The van der Waals surface area contributed by atoms with Crippen LogP contribution in [0.2, 0.25) is 0 Å². The Labute approximate surface area is 360 Å². The standard InChI is InChI=1S/C58H38N4/c1-4-18-39(19-5-1)41-22-16-24-43(36-41)55-59-56(44-25-17-23-42(37-44)40-20-6-2-7-21-40)61-57(60-55)62-53-33-15-12-30-49(53)50-35-34-46(38-54(50)62)58(45-26-8-3-9-27-45)51-31-13-10-28-47(51)48-29-11-14-32-52(48)58/h1-38H. The summed E-state index contributed by atoms with van der Waals surface area (Å²) < 4.78 is 2.25. The summed E-state index contributed by atoms with van der Waals surface area (Å²) in [5, 5.41) is 2.27. The van der Waals surface area contributed by atoms with Gasteiger partial charge in [0.25, 0.3) is 0 Å². The smallest absolute Gasteiger partial charge is 0.238 e. The Morgan fingerprint density at radius 2 is 0.774 bits per heavy atom. The van der Waals surface area contributed by atoms with Gasteiger partial charge in [-0.15, -0.1) is 0 Å². The lowest BCUT2D eigenvalue weighted by Crippen LogP contribution is -2.28. The summed E-state index contributed by atoms with van der Waals surface area (Å²) in [7, 11) is 0. The van der Waals surface area contributed by atoms with Gasteiger partial charge in [0.05, 0.1) is 16.4 Å². The lowest BCUT2D eigenvalue weighted by Gasteiger charge is -2.34. The number of rotatable bonds is 7. The van der Waals surface area contributed by atoms with Crippen LogP contribution in [0, 0.1) is 0 Å². The quantitative estimate of drug-likeness (QED) is 0.161. The maximum Gasteiger partial charge on any atom is 0.238 e. The van der Waals surface area contributed by atoms with Crippen LogP contribution >= 0.6 is 0 Å². The normalized spacial score (nSPS) is 12.6. The summed E-state index contributed by atoms with van der Waals surface area (Å²) in [4.78, 5) is 16.1. The maximum absolute atomic E-state index is 5.40. The summed E-state index contributed by atoms with van der Waals surface area (Å²) in [6.45, 7) is 0. The van der Waals surface area contributed by atoms with Crippen LogP contribution in [0.4, 0.5) is 0 Å². The number of nitrogens with zero attached hydrogens (tertiary/aromatic N) is 4. The summed E-state index contributed by atoms with van der Waals surface area (Å²) in [6.07, 6.45) is 0. The molecule has 2 heterocycles. The largest absolute Gasteiger partial charge is 0.278 e. The highest BCUT2D eigenvalue weighted by Crippen LogP contribution is 2.56. The maximum atomic E-state index is 5.40. The molecule has 0 atom stereocenters. The van der Waals surface area contributed by atoms with E-state index in [2.05, 4.69) is 223 Å². The van der Waals surface area contributed by atoms with Crippen molar-refractivity contribution in [3.05, 3.63) is 253 Å². The Balaban J connectivity index is 1.14. The third kappa shape index (κ3) is 5.65. The predicted octanol–water partition coefficient (Wildman–Crippen LogP) is 14.0. The van der Waals surface area contributed by atoms with Gasteiger partial charge in [-0.25, -0.2) is 4.98 Å². The van der Waals surface area contributed by atoms with Crippen molar-refractivity contribution in [3.8, 4) is 62.1 Å². The summed E-state index contributed by atoms with van der Waals surface area (Å²) >= 11 is 0. The Morgan fingerprint density at radius 1 is 0.306 bits per heavy atom. The molecule has 2 aromatic heterocycles. The Bertz CT molecular complexity index is 3320. The first-order valence-corrected chi connectivity index (χ1v) is 21.1. The van der Waals surface area contributed by atoms with E-state index >= 15 is 0 Å². The van der Waals surface area contributed by atoms with E-state index in [9.17, 15) is 0 Å². The third-order valence-electron chi connectivity index (χ3n) is 12.5. The van der Waals surface area contributed by atoms with Crippen LogP contribution in [0.5, 0.6) is 0 Å². The Morgan fingerprint density at radius 3 is 1.37 bits per heavy atom. The monoisotopic (exact) mass is 790 g/mol. The molecule has 12 rings (SSSR count). The second-order valence-electron chi connectivity index (χ2n) is 16.0. The molecule has 4 nitrogen and oxygen atoms in total. The van der Waals surface area contributed by atoms with Crippen LogP contribution in [0.15, 0.2) is 231 Å². The number of benzene rings is 9. The van der Waals surface area contributed by atoms with Gasteiger partial charge in [0, 0.05) is 21.9 Å². The molecule has 11 aromatic rings. The van der Waals surface area contributed by atoms with Crippen LogP contribution in [-0.2, 0) is 5.41 Å². The van der Waals surface area contributed by atoms with Crippen molar-refractivity contribution in [3.63, 3.8) is 0 Å². The molecule has 1 aliphatic carbocycles. The molecule has 62 heavy (non-hydrogen) atoms. The topological polar surface area (TPSA) is 43.6 Å². The molecule has 0 spiro atoms. The molecular weight excluding hydrogens is 753 g/mol. The molecule has 0 saturated carbocycles. The SMILES string of the molecule is c1ccc(-c2cccc(-c3nc(-c4cccc(-c5ccccc5)c4)nc(-n4c5ccccc5c5ccc(C6(c7ccccc7)c7ccccc7-c7ccccc76)cc54)n3)c2)cc1. The molecule has 0 N–H and O–H groups in total. The molecule has 0 radical (unpaired) electrons. The fourth-order valence-corrected chi connectivity index (χ4v) is 9.79. The Hall–Kier alpha value is -8.21. The number of para-hydroxylation sites is 1. The average molecular weight is 791 g/mol. The molecular formula is C58H38N4. The number of aromatic nitrogens is 4. The second-order valence-corrected chi connectivity index (χ2v) is 16.0. The van der Waals surface area contributed by atoms with Crippen LogP contribution in [0.1, 0.15) is 22.3 Å². The van der Waals surface area contributed by atoms with Gasteiger partial charge in [0.15, 0.2) is 11.6 Å². The van der Waals surface area contributed by atoms with E-state index in [1.165, 1.54) is 33.4 Å². The van der Waals surface area contributed by atoms with Crippen molar-refractivity contribution in [2.75, 3.05) is 0 Å². The van der Waals surface area contributed by atoms with E-state index in [1.54, 1.807) is 0 Å². The van der Waals surface area contributed by atoms with Crippen molar-refractivity contribution in [2.45, 2.75) is 5.41 Å². The van der Waals surface area contributed by atoms with Crippen LogP contribution in [0.3, 0.4) is 0 Å². The summed E-state index contributed by atoms with van der Waals surface area (Å²) in [5.41, 5.74) is 15.3. The molecule has 9 aromatic carbocycles. The van der Waals surface area contributed by atoms with Crippen LogP contribution < -0.4 is 0 Å². The fraction of sp³-hybridized carbons (Fsp3) is 0.0172. The van der Waals surface area contributed by atoms with E-state index in [4.69, 9.17) is 15.0 Å². The highest BCUT2D eigenvalue weighted by atomic mass is 15.2. The lowest BCUT2D eigenvalue weighted by molar-refractivity contribution is 0.769. The first-order chi connectivity index (χ1) is 30.7. The molecule has 4 heteroatoms. The van der Waals surface area contributed by atoms with Crippen LogP contribution in [0.25, 0.3) is 83.9 Å². The lowest BCUT2D eigenvalue weighted by atomic mass is 9.67. The summed E-state index contributed by atoms with van der Waals surface area (Å²) in [5.74, 6) is 1.77.